The van der Waals surface area contributed by atoms with Crippen molar-refractivity contribution in [3.8, 4) is 33.6 Å². The highest BCUT2D eigenvalue weighted by atomic mass is 32.1. The van der Waals surface area contributed by atoms with E-state index in [0.717, 1.165) is 44.7 Å². The molecule has 0 amide bonds. The molecule has 5 aromatic carbocycles. The number of furan rings is 1. The fourth-order valence-electron chi connectivity index (χ4n) is 6.13. The Bertz CT molecular complexity index is 2200. The van der Waals surface area contributed by atoms with Crippen LogP contribution in [0.3, 0.4) is 0 Å². The number of thiophene rings is 1. The van der Waals surface area contributed by atoms with Crippen molar-refractivity contribution in [1.29, 1.82) is 0 Å². The van der Waals surface area contributed by atoms with E-state index >= 15 is 0 Å². The van der Waals surface area contributed by atoms with Crippen molar-refractivity contribution >= 4 is 48.2 Å². The van der Waals surface area contributed by atoms with Crippen molar-refractivity contribution in [2.75, 3.05) is 5.32 Å². The number of nitrogens with two attached hydrogens (primary N) is 1. The van der Waals surface area contributed by atoms with Gasteiger partial charge in [0.1, 0.15) is 5.58 Å². The summed E-state index contributed by atoms with van der Waals surface area (Å²) in [7, 11) is 0. The largest absolute Gasteiger partial charge is 0.454 e. The zero-order valence-corrected chi connectivity index (χ0v) is 24.6. The quantitative estimate of drug-likeness (QED) is 0.215. The molecule has 208 valence electrons. The minimum absolute atomic E-state index is 0.0332. The number of hydrogen-bond donors (Lipinski definition) is 2. The number of nitrogens with one attached hydrogen (secondary N) is 1. The minimum Gasteiger partial charge on any atom is -0.454 e. The zero-order valence-electron chi connectivity index (χ0n) is 23.8. The van der Waals surface area contributed by atoms with E-state index in [9.17, 15) is 0 Å². The van der Waals surface area contributed by atoms with Gasteiger partial charge in [0.15, 0.2) is 5.76 Å². The van der Waals surface area contributed by atoms with E-state index in [1.165, 1.54) is 31.3 Å². The molecule has 3 nitrogen and oxygen atoms in total. The molecule has 43 heavy (non-hydrogen) atoms. The van der Waals surface area contributed by atoms with Gasteiger partial charge in [-0.2, -0.15) is 0 Å². The highest BCUT2D eigenvalue weighted by Gasteiger charge is 2.23. The molecule has 7 aromatic rings. The molecule has 0 spiro atoms. The van der Waals surface area contributed by atoms with Crippen molar-refractivity contribution in [2.24, 2.45) is 5.73 Å². The van der Waals surface area contributed by atoms with E-state index in [2.05, 4.69) is 128 Å². The number of fused-ring (bicyclic) bond motifs is 4. The number of allylic oxidation sites excluding steroid dienone is 2. The lowest BCUT2D eigenvalue weighted by Crippen LogP contribution is -2.38. The third kappa shape index (κ3) is 4.56. The van der Waals surface area contributed by atoms with Gasteiger partial charge < -0.3 is 15.5 Å². The summed E-state index contributed by atoms with van der Waals surface area (Å²) in [6.07, 6.45) is 8.19. The van der Waals surface area contributed by atoms with Gasteiger partial charge >= 0.3 is 0 Å². The third-order valence-corrected chi connectivity index (χ3v) is 9.65. The second-order valence-corrected chi connectivity index (χ2v) is 12.3. The van der Waals surface area contributed by atoms with E-state index < -0.39 is 0 Å². The van der Waals surface area contributed by atoms with Crippen LogP contribution in [0, 0.1) is 6.92 Å². The fourth-order valence-corrected chi connectivity index (χ4v) is 7.22. The third-order valence-electron chi connectivity index (χ3n) is 8.49. The first kappa shape index (κ1) is 25.8. The number of aryl methyl sites for hydroxylation is 1. The van der Waals surface area contributed by atoms with E-state index in [0.29, 0.717) is 0 Å². The van der Waals surface area contributed by atoms with Crippen molar-refractivity contribution in [2.45, 2.75) is 19.0 Å². The van der Waals surface area contributed by atoms with Crippen LogP contribution in [-0.4, -0.2) is 12.1 Å². The summed E-state index contributed by atoms with van der Waals surface area (Å²) in [5.74, 6) is 0.840. The lowest BCUT2D eigenvalue weighted by Gasteiger charge is -2.23. The monoisotopic (exact) mass is 574 g/mol. The lowest BCUT2D eigenvalue weighted by molar-refractivity contribution is 0.630. The molecule has 2 heterocycles. The topological polar surface area (TPSA) is 51.2 Å². The van der Waals surface area contributed by atoms with Crippen LogP contribution in [0.1, 0.15) is 5.56 Å². The Labute approximate surface area is 254 Å². The summed E-state index contributed by atoms with van der Waals surface area (Å²) in [6.45, 7) is 2.12. The maximum absolute atomic E-state index is 6.53. The molecule has 0 aliphatic heterocycles. The van der Waals surface area contributed by atoms with Crippen LogP contribution in [0.25, 0.3) is 64.7 Å². The molecule has 1 aliphatic rings. The van der Waals surface area contributed by atoms with Crippen molar-refractivity contribution in [3.05, 3.63) is 139 Å². The molecular formula is C39H30N2OS. The van der Waals surface area contributed by atoms with Crippen LogP contribution in [0.15, 0.2) is 138 Å². The second-order valence-electron chi connectivity index (χ2n) is 11.2. The van der Waals surface area contributed by atoms with Crippen molar-refractivity contribution < 1.29 is 4.42 Å². The van der Waals surface area contributed by atoms with E-state index in [1.54, 1.807) is 0 Å². The molecule has 2 unspecified atom stereocenters. The Morgan fingerprint density at radius 3 is 2.09 bits per heavy atom. The summed E-state index contributed by atoms with van der Waals surface area (Å²) >= 11 is 1.85. The normalized spacial score (nSPS) is 16.4. The van der Waals surface area contributed by atoms with Crippen molar-refractivity contribution in [1.82, 2.24) is 0 Å². The van der Waals surface area contributed by atoms with Gasteiger partial charge in [0, 0.05) is 37.2 Å². The van der Waals surface area contributed by atoms with Crippen LogP contribution in [0.2, 0.25) is 0 Å². The Morgan fingerprint density at radius 1 is 0.651 bits per heavy atom. The van der Waals surface area contributed by atoms with Crippen LogP contribution < -0.4 is 11.1 Å². The number of anilines is 1. The van der Waals surface area contributed by atoms with Gasteiger partial charge in [0.05, 0.1) is 11.7 Å². The average molecular weight is 575 g/mol. The molecule has 0 radical (unpaired) electrons. The van der Waals surface area contributed by atoms with Gasteiger partial charge in [-0.05, 0) is 65.1 Å². The highest BCUT2D eigenvalue weighted by molar-refractivity contribution is 7.25. The predicted octanol–water partition coefficient (Wildman–Crippen LogP) is 10.3. The SMILES string of the molecule is Cc1ccccc1-c1oc2ccc(-c3ccc(-c4ccc5sc6ccccc6c5c4)cc3)cc2c1NC1C=CC=CC1N. The summed E-state index contributed by atoms with van der Waals surface area (Å²) < 4.78 is 9.18. The molecule has 0 fully saturated rings. The lowest BCUT2D eigenvalue weighted by atomic mass is 9.97. The molecule has 8 rings (SSSR count). The van der Waals surface area contributed by atoms with Gasteiger partial charge in [-0.3, -0.25) is 0 Å². The Morgan fingerprint density at radius 2 is 1.30 bits per heavy atom. The molecule has 3 N–H and O–H groups in total. The van der Waals surface area contributed by atoms with Gasteiger partial charge in [0.2, 0.25) is 0 Å². The van der Waals surface area contributed by atoms with E-state index in [1.807, 2.05) is 29.6 Å². The smallest absolute Gasteiger partial charge is 0.158 e. The number of hydrogen-bond acceptors (Lipinski definition) is 4. The van der Waals surface area contributed by atoms with Crippen molar-refractivity contribution in [3.63, 3.8) is 0 Å². The summed E-state index contributed by atoms with van der Waals surface area (Å²) in [5.41, 5.74) is 15.3. The fraction of sp³-hybridized carbons (Fsp3) is 0.0769. The number of rotatable bonds is 5. The van der Waals surface area contributed by atoms with Gasteiger partial charge in [-0.1, -0.05) is 103 Å². The first-order valence-electron chi connectivity index (χ1n) is 14.6. The molecule has 2 atom stereocenters. The van der Waals surface area contributed by atoms with E-state index in [-0.39, 0.29) is 12.1 Å². The van der Waals surface area contributed by atoms with Crippen LogP contribution >= 0.6 is 11.3 Å². The van der Waals surface area contributed by atoms with Gasteiger partial charge in [-0.15, -0.1) is 11.3 Å². The Kier molecular flexibility index (Phi) is 6.25. The zero-order chi connectivity index (χ0) is 28.9. The Balaban J connectivity index is 1.18. The van der Waals surface area contributed by atoms with Crippen LogP contribution in [-0.2, 0) is 0 Å². The first-order chi connectivity index (χ1) is 21.1. The maximum Gasteiger partial charge on any atom is 0.158 e. The predicted molar refractivity (Wildman–Crippen MR) is 184 cm³/mol. The van der Waals surface area contributed by atoms with Crippen LogP contribution in [0.5, 0.6) is 0 Å². The van der Waals surface area contributed by atoms with Gasteiger partial charge in [-0.25, -0.2) is 0 Å². The molecule has 4 heteroatoms. The molecule has 1 aliphatic carbocycles. The Hall–Kier alpha value is -4.90. The first-order valence-corrected chi connectivity index (χ1v) is 15.5. The molecule has 0 bridgehead atoms. The molecule has 0 saturated heterocycles. The summed E-state index contributed by atoms with van der Waals surface area (Å²) in [5, 5.41) is 7.42. The highest BCUT2D eigenvalue weighted by Crippen LogP contribution is 2.42. The molecule has 0 saturated carbocycles. The van der Waals surface area contributed by atoms with Crippen LogP contribution in [0.4, 0.5) is 5.69 Å². The molecular weight excluding hydrogens is 545 g/mol. The minimum atomic E-state index is -0.123. The summed E-state index contributed by atoms with van der Waals surface area (Å²) in [4.78, 5) is 0. The van der Waals surface area contributed by atoms with E-state index in [4.69, 9.17) is 10.2 Å². The maximum atomic E-state index is 6.53. The second kappa shape index (κ2) is 10.4. The van der Waals surface area contributed by atoms with Gasteiger partial charge in [0.25, 0.3) is 0 Å². The standard InChI is InChI=1S/C39H30N2OS/c1-24-8-2-3-9-29(24)39-38(41-34-12-6-5-11-33(34)40)32-23-27(18-20-35(32)42-39)25-14-16-26(17-15-25)28-19-21-37-31(22-28)30-10-4-7-13-36(30)43-37/h2-23,33-34,41H,40H2,1H3. The summed E-state index contributed by atoms with van der Waals surface area (Å²) in [6, 6.07) is 39.0. The molecule has 2 aromatic heterocycles. The number of benzene rings is 5. The average Bonchev–Trinajstić information content (AvgIpc) is 3.60.